The van der Waals surface area contributed by atoms with Crippen molar-refractivity contribution in [2.24, 2.45) is 0 Å². The molecule has 2 N–H and O–H groups in total. The van der Waals surface area contributed by atoms with Crippen LogP contribution < -0.4 is 4.90 Å². The van der Waals surface area contributed by atoms with Crippen LogP contribution in [0.25, 0.3) is 0 Å². The minimum atomic E-state index is -0.783. The number of aliphatic carboxylic acids is 1. The number of carbonyl (C=O) groups is 1. The second-order valence-electron chi connectivity index (χ2n) is 4.40. The van der Waals surface area contributed by atoms with E-state index in [-0.39, 0.29) is 13.0 Å². The number of aliphatic hydroxyl groups is 1. The van der Waals surface area contributed by atoms with Gasteiger partial charge in [-0.15, -0.1) is 0 Å². The maximum Gasteiger partial charge on any atom is 0.305 e. The molecule has 0 spiro atoms. The molecule has 0 saturated heterocycles. The number of aryl methyl sites for hydroxylation is 1. The number of nitrogens with zero attached hydrogens (tertiary/aromatic N) is 1. The summed E-state index contributed by atoms with van der Waals surface area (Å²) in [7, 11) is 0. The number of unbranched alkanes of at least 4 members (excludes halogenated alkanes) is 1. The number of carboxylic acid groups (broad SMARTS) is 1. The van der Waals surface area contributed by atoms with Gasteiger partial charge in [0, 0.05) is 25.4 Å². The summed E-state index contributed by atoms with van der Waals surface area (Å²) in [4.78, 5) is 12.7. The maximum atomic E-state index is 10.7. The quantitative estimate of drug-likeness (QED) is 0.694. The maximum absolute atomic E-state index is 10.7. The van der Waals surface area contributed by atoms with E-state index in [1.54, 1.807) is 0 Å². The van der Waals surface area contributed by atoms with Crippen LogP contribution in [-0.4, -0.2) is 35.9 Å². The first-order valence-corrected chi connectivity index (χ1v) is 6.27. The van der Waals surface area contributed by atoms with Gasteiger partial charge in [0.2, 0.25) is 0 Å². The Bertz CT molecular complexity index is 362. The summed E-state index contributed by atoms with van der Waals surface area (Å²) in [5, 5.41) is 17.5. The lowest BCUT2D eigenvalue weighted by molar-refractivity contribution is -0.136. The van der Waals surface area contributed by atoms with E-state index in [9.17, 15) is 4.79 Å². The van der Waals surface area contributed by atoms with Gasteiger partial charge in [0.15, 0.2) is 0 Å². The molecule has 0 heterocycles. The van der Waals surface area contributed by atoms with Gasteiger partial charge in [0.25, 0.3) is 0 Å². The highest BCUT2D eigenvalue weighted by atomic mass is 16.4. The zero-order chi connectivity index (χ0) is 13.4. The molecule has 0 atom stereocenters. The van der Waals surface area contributed by atoms with Gasteiger partial charge in [-0.05, 0) is 31.9 Å². The minimum Gasteiger partial charge on any atom is -0.481 e. The fourth-order valence-corrected chi connectivity index (χ4v) is 1.77. The fraction of sp³-hybridized carbons (Fsp3) is 0.500. The van der Waals surface area contributed by atoms with Crippen LogP contribution in [-0.2, 0) is 4.79 Å². The van der Waals surface area contributed by atoms with Gasteiger partial charge in [0.1, 0.15) is 0 Å². The predicted molar refractivity (Wildman–Crippen MR) is 72.0 cm³/mol. The summed E-state index contributed by atoms with van der Waals surface area (Å²) in [6.45, 7) is 3.48. The molecule has 0 saturated carbocycles. The van der Waals surface area contributed by atoms with Crippen LogP contribution in [0.3, 0.4) is 0 Å². The van der Waals surface area contributed by atoms with Crippen LogP contribution in [0, 0.1) is 6.92 Å². The Morgan fingerprint density at radius 3 is 2.39 bits per heavy atom. The highest BCUT2D eigenvalue weighted by Gasteiger charge is 2.08. The lowest BCUT2D eigenvalue weighted by Gasteiger charge is -2.24. The highest BCUT2D eigenvalue weighted by molar-refractivity contribution is 5.67. The second-order valence-corrected chi connectivity index (χ2v) is 4.40. The SMILES string of the molecule is Cc1ccc(N(CCCCO)CCC(=O)O)cc1. The molecule has 0 aliphatic rings. The summed E-state index contributed by atoms with van der Waals surface area (Å²) in [5.41, 5.74) is 2.23. The number of anilines is 1. The molecule has 100 valence electrons. The fourth-order valence-electron chi connectivity index (χ4n) is 1.77. The molecule has 0 bridgehead atoms. The molecule has 1 aromatic carbocycles. The van der Waals surface area contributed by atoms with Crippen LogP contribution in [0.4, 0.5) is 5.69 Å². The van der Waals surface area contributed by atoms with Gasteiger partial charge >= 0.3 is 5.97 Å². The highest BCUT2D eigenvalue weighted by Crippen LogP contribution is 2.16. The molecule has 0 fully saturated rings. The van der Waals surface area contributed by atoms with Crippen molar-refractivity contribution in [3.8, 4) is 0 Å². The van der Waals surface area contributed by atoms with Crippen LogP contribution in [0.1, 0.15) is 24.8 Å². The third kappa shape index (κ3) is 5.19. The first-order chi connectivity index (χ1) is 8.63. The largest absolute Gasteiger partial charge is 0.481 e. The Morgan fingerprint density at radius 2 is 1.83 bits per heavy atom. The number of hydrogen-bond donors (Lipinski definition) is 2. The van der Waals surface area contributed by atoms with Crippen molar-refractivity contribution in [1.29, 1.82) is 0 Å². The third-order valence-electron chi connectivity index (χ3n) is 2.83. The minimum absolute atomic E-state index is 0.132. The Hall–Kier alpha value is -1.55. The van der Waals surface area contributed by atoms with E-state index in [0.29, 0.717) is 6.54 Å². The van der Waals surface area contributed by atoms with Crippen molar-refractivity contribution < 1.29 is 15.0 Å². The lowest BCUT2D eigenvalue weighted by Crippen LogP contribution is -2.27. The molecule has 0 radical (unpaired) electrons. The van der Waals surface area contributed by atoms with Crippen LogP contribution in [0.5, 0.6) is 0 Å². The second kappa shape index (κ2) is 7.71. The molecule has 1 aromatic rings. The standard InChI is InChI=1S/C14H21NO3/c1-12-4-6-13(7-5-12)15(9-2-3-11-16)10-8-14(17)18/h4-7,16H,2-3,8-11H2,1H3,(H,17,18). The number of hydrogen-bond acceptors (Lipinski definition) is 3. The Kier molecular flexibility index (Phi) is 6.22. The first-order valence-electron chi connectivity index (χ1n) is 6.27. The van der Waals surface area contributed by atoms with Crippen LogP contribution in [0.15, 0.2) is 24.3 Å². The van der Waals surface area contributed by atoms with E-state index in [1.807, 2.05) is 31.2 Å². The van der Waals surface area contributed by atoms with Crippen LogP contribution >= 0.6 is 0 Å². The molecule has 0 aliphatic heterocycles. The van der Waals surface area contributed by atoms with Crippen molar-refractivity contribution >= 4 is 11.7 Å². The summed E-state index contributed by atoms with van der Waals surface area (Å²) < 4.78 is 0. The Balaban J connectivity index is 2.62. The average molecular weight is 251 g/mol. The van der Waals surface area contributed by atoms with Crippen molar-refractivity contribution in [1.82, 2.24) is 0 Å². The molecule has 0 unspecified atom stereocenters. The van der Waals surface area contributed by atoms with Gasteiger partial charge in [0.05, 0.1) is 6.42 Å². The van der Waals surface area contributed by atoms with Gasteiger partial charge in [-0.1, -0.05) is 17.7 Å². The van der Waals surface area contributed by atoms with Crippen molar-refractivity contribution in [3.05, 3.63) is 29.8 Å². The summed E-state index contributed by atoms with van der Waals surface area (Å²) in [6.07, 6.45) is 1.74. The third-order valence-corrected chi connectivity index (χ3v) is 2.83. The number of rotatable bonds is 8. The van der Waals surface area contributed by atoms with Gasteiger partial charge in [-0.3, -0.25) is 4.79 Å². The smallest absolute Gasteiger partial charge is 0.305 e. The van der Waals surface area contributed by atoms with Crippen molar-refractivity contribution in [2.45, 2.75) is 26.2 Å². The monoisotopic (exact) mass is 251 g/mol. The predicted octanol–water partition coefficient (Wildman–Crippen LogP) is 2.05. The van der Waals surface area contributed by atoms with Crippen molar-refractivity contribution in [3.63, 3.8) is 0 Å². The van der Waals surface area contributed by atoms with Crippen molar-refractivity contribution in [2.75, 3.05) is 24.6 Å². The molecule has 18 heavy (non-hydrogen) atoms. The van der Waals surface area contributed by atoms with E-state index in [4.69, 9.17) is 10.2 Å². The average Bonchev–Trinajstić information content (AvgIpc) is 2.34. The number of carboxylic acids is 1. The topological polar surface area (TPSA) is 60.8 Å². The van der Waals surface area contributed by atoms with Crippen LogP contribution in [0.2, 0.25) is 0 Å². The molecular formula is C14H21NO3. The first kappa shape index (κ1) is 14.5. The normalized spacial score (nSPS) is 10.3. The Labute approximate surface area is 108 Å². The Morgan fingerprint density at radius 1 is 1.17 bits per heavy atom. The molecule has 0 amide bonds. The lowest BCUT2D eigenvalue weighted by atomic mass is 10.2. The van der Waals surface area contributed by atoms with E-state index in [2.05, 4.69) is 4.90 Å². The molecule has 1 rings (SSSR count). The number of benzene rings is 1. The molecular weight excluding hydrogens is 230 g/mol. The molecule has 4 nitrogen and oxygen atoms in total. The zero-order valence-corrected chi connectivity index (χ0v) is 10.8. The number of aliphatic hydroxyl groups excluding tert-OH is 1. The molecule has 0 aliphatic carbocycles. The zero-order valence-electron chi connectivity index (χ0n) is 10.8. The van der Waals surface area contributed by atoms with Gasteiger partial charge in [-0.25, -0.2) is 0 Å². The molecule has 4 heteroatoms. The van der Waals surface area contributed by atoms with E-state index in [1.165, 1.54) is 5.56 Å². The summed E-state index contributed by atoms with van der Waals surface area (Å²) in [6, 6.07) is 8.07. The summed E-state index contributed by atoms with van der Waals surface area (Å²) >= 11 is 0. The van der Waals surface area contributed by atoms with Gasteiger partial charge < -0.3 is 15.1 Å². The van der Waals surface area contributed by atoms with E-state index in [0.717, 1.165) is 25.1 Å². The van der Waals surface area contributed by atoms with Gasteiger partial charge in [-0.2, -0.15) is 0 Å². The molecule has 0 aromatic heterocycles. The van der Waals surface area contributed by atoms with E-state index >= 15 is 0 Å². The van der Waals surface area contributed by atoms with E-state index < -0.39 is 5.97 Å². The summed E-state index contributed by atoms with van der Waals surface area (Å²) in [5.74, 6) is -0.783.